The van der Waals surface area contributed by atoms with Gasteiger partial charge in [-0.3, -0.25) is 19.1 Å². The maximum absolute atomic E-state index is 15.0. The summed E-state index contributed by atoms with van der Waals surface area (Å²) in [4.78, 5) is 54.6. The molecular formula is C45H54F4N6O7S2. The van der Waals surface area contributed by atoms with E-state index in [1.165, 1.54) is 16.2 Å². The van der Waals surface area contributed by atoms with E-state index in [2.05, 4.69) is 15.4 Å². The second-order valence-corrected chi connectivity index (χ2v) is 21.9. The predicted molar refractivity (Wildman–Crippen MR) is 235 cm³/mol. The van der Waals surface area contributed by atoms with E-state index in [9.17, 15) is 40.4 Å². The minimum absolute atomic E-state index is 0.0967. The Balaban J connectivity index is 1.26. The van der Waals surface area contributed by atoms with Crippen LogP contribution in [0.5, 0.6) is 11.5 Å². The molecule has 0 spiro atoms. The summed E-state index contributed by atoms with van der Waals surface area (Å²) in [5.41, 5.74) is -1.46. The lowest BCUT2D eigenvalue weighted by atomic mass is 9.85. The quantitative estimate of drug-likeness (QED) is 0.105. The van der Waals surface area contributed by atoms with Crippen LogP contribution in [-0.2, 0) is 30.6 Å². The number of anilines is 1. The van der Waals surface area contributed by atoms with Gasteiger partial charge in [0, 0.05) is 34.5 Å². The van der Waals surface area contributed by atoms with E-state index in [1.54, 1.807) is 53.0 Å². The minimum Gasteiger partial charge on any atom is -0.496 e. The van der Waals surface area contributed by atoms with Crippen LogP contribution in [0.15, 0.2) is 41.8 Å². The molecule has 3 amide bonds. The van der Waals surface area contributed by atoms with Gasteiger partial charge in [-0.05, 0) is 80.7 Å². The number of rotatable bonds is 14. The Labute approximate surface area is 374 Å². The number of carbonyl (C=O) groups excluding carboxylic acids is 3. The molecule has 3 heterocycles. The summed E-state index contributed by atoms with van der Waals surface area (Å²) in [6.45, 7) is 14.1. The smallest absolute Gasteiger partial charge is 0.416 e. The number of ether oxygens (including phenoxy) is 2. The molecule has 2 aromatic carbocycles. The molecule has 1 aliphatic heterocycles. The van der Waals surface area contributed by atoms with Gasteiger partial charge in [0.05, 0.1) is 35.2 Å². The molecule has 13 nitrogen and oxygen atoms in total. The summed E-state index contributed by atoms with van der Waals surface area (Å²) < 4.78 is 95.9. The lowest BCUT2D eigenvalue weighted by molar-refractivity contribution is -0.141. The first kappa shape index (κ1) is 46.9. The highest BCUT2D eigenvalue weighted by Crippen LogP contribution is 2.48. The van der Waals surface area contributed by atoms with Crippen LogP contribution in [0.2, 0.25) is 0 Å². The number of methoxy groups -OCH3 is 1. The molecule has 0 bridgehead atoms. The molecule has 2 saturated carbocycles. The molecule has 2 aliphatic carbocycles. The lowest BCUT2D eigenvalue weighted by Crippen LogP contribution is -2.59. The van der Waals surface area contributed by atoms with E-state index in [0.717, 1.165) is 17.3 Å². The number of halogens is 4. The number of nitrogens with one attached hydrogen (secondary N) is 3. The Morgan fingerprint density at radius 3 is 2.33 bits per heavy atom. The summed E-state index contributed by atoms with van der Waals surface area (Å²) in [6, 6.07) is 4.63. The standard InChI is InChI=1S/C45H54F4N6O7S2/c1-10-25-20-44(25,41(58)54-64(59,60)43(8)13-14-43)53-38(56)33-18-29(21-55(33)40(57)37(42(5,6)7)50-28-16-26(45(47,48)49)15-27(46)17-28)62-35-19-31(39-52-32(22-63-39)23(2)3)51-36-24(4)34(61-9)12-11-30(35)36/h11-12,15-17,19,22-23,25,29,33,37,50H,10,13-14,18,20-21H2,1-9H3,(H,53,56)(H,54,58)/t25-,29-,33+,37-,44-/m1/s1. The molecule has 3 N–H and O–H groups in total. The van der Waals surface area contributed by atoms with E-state index in [-0.39, 0.29) is 31.0 Å². The monoisotopic (exact) mass is 930 g/mol. The van der Waals surface area contributed by atoms with Gasteiger partial charge >= 0.3 is 6.18 Å². The predicted octanol–water partition coefficient (Wildman–Crippen LogP) is 8.12. The number of aryl methyl sites for hydroxylation is 1. The SMILES string of the molecule is CC[C@@H]1C[C@]1(NC(=O)[C@@H]1C[C@@H](Oc2cc(-c3nc(C(C)C)cs3)nc3c(C)c(OC)ccc23)CN1C(=O)[C@@H](Nc1cc(F)cc(C(F)(F)F)c1)C(C)(C)C)C(=O)NS(=O)(=O)C1(C)CC1. The fourth-order valence-corrected chi connectivity index (χ4v) is 10.5. The molecule has 0 unspecified atom stereocenters. The largest absolute Gasteiger partial charge is 0.496 e. The Morgan fingerprint density at radius 1 is 1.05 bits per heavy atom. The molecule has 0 radical (unpaired) electrons. The van der Waals surface area contributed by atoms with Gasteiger partial charge in [-0.25, -0.2) is 22.8 Å². The van der Waals surface area contributed by atoms with Gasteiger partial charge in [-0.15, -0.1) is 11.3 Å². The van der Waals surface area contributed by atoms with Crippen LogP contribution in [0.4, 0.5) is 23.2 Å². The van der Waals surface area contributed by atoms with Gasteiger partial charge in [0.25, 0.3) is 5.91 Å². The summed E-state index contributed by atoms with van der Waals surface area (Å²) in [5, 5.41) is 8.87. The zero-order valence-electron chi connectivity index (χ0n) is 37.2. The van der Waals surface area contributed by atoms with Crippen LogP contribution in [0, 0.1) is 24.1 Å². The highest BCUT2D eigenvalue weighted by Gasteiger charge is 2.63. The van der Waals surface area contributed by atoms with E-state index >= 15 is 0 Å². The summed E-state index contributed by atoms with van der Waals surface area (Å²) in [5.74, 6) is -2.77. The Morgan fingerprint density at radius 2 is 1.75 bits per heavy atom. The van der Waals surface area contributed by atoms with Crippen LogP contribution in [-0.4, -0.2) is 83.1 Å². The number of sulfonamides is 1. The van der Waals surface area contributed by atoms with Crippen LogP contribution in [0.25, 0.3) is 21.6 Å². The first-order chi connectivity index (χ1) is 29.8. The molecule has 2 aromatic heterocycles. The second kappa shape index (κ2) is 16.7. The maximum Gasteiger partial charge on any atom is 0.416 e. The normalized spacial score (nSPS) is 22.3. The first-order valence-corrected chi connectivity index (χ1v) is 23.6. The van der Waals surface area contributed by atoms with Gasteiger partial charge < -0.3 is 25.0 Å². The van der Waals surface area contributed by atoms with Crippen molar-refractivity contribution < 1.29 is 49.8 Å². The number of amides is 3. The van der Waals surface area contributed by atoms with Crippen molar-refractivity contribution in [3.63, 3.8) is 0 Å². The first-order valence-electron chi connectivity index (χ1n) is 21.2. The van der Waals surface area contributed by atoms with Crippen LogP contribution in [0.3, 0.4) is 0 Å². The fraction of sp³-hybridized carbons (Fsp3) is 0.533. The van der Waals surface area contributed by atoms with Crippen molar-refractivity contribution in [2.75, 3.05) is 19.0 Å². The van der Waals surface area contributed by atoms with Crippen LogP contribution < -0.4 is 24.8 Å². The van der Waals surface area contributed by atoms with Crippen molar-refractivity contribution in [2.45, 2.75) is 128 Å². The summed E-state index contributed by atoms with van der Waals surface area (Å²) in [7, 11) is -2.52. The molecule has 7 rings (SSSR count). The number of benzene rings is 2. The Kier molecular flexibility index (Phi) is 12.3. The molecule has 346 valence electrons. The molecule has 3 fully saturated rings. The number of hydrogen-bond acceptors (Lipinski definition) is 11. The molecule has 5 atom stereocenters. The molecule has 64 heavy (non-hydrogen) atoms. The average molecular weight is 931 g/mol. The van der Waals surface area contributed by atoms with Crippen molar-refractivity contribution >= 4 is 55.7 Å². The zero-order chi connectivity index (χ0) is 46.9. The van der Waals surface area contributed by atoms with Crippen molar-refractivity contribution in [1.29, 1.82) is 0 Å². The van der Waals surface area contributed by atoms with Gasteiger partial charge in [0.1, 0.15) is 51.7 Å². The van der Waals surface area contributed by atoms with Gasteiger partial charge in [0.2, 0.25) is 21.8 Å². The fourth-order valence-electron chi connectivity index (χ4n) is 8.24. The Bertz CT molecular complexity index is 2610. The topological polar surface area (TPSA) is 169 Å². The molecule has 1 saturated heterocycles. The number of alkyl halides is 3. The molecular weight excluding hydrogens is 877 g/mol. The number of likely N-dealkylation sites (tertiary alicyclic amines) is 1. The number of thiazole rings is 1. The van der Waals surface area contributed by atoms with Gasteiger partial charge in [0.15, 0.2) is 0 Å². The van der Waals surface area contributed by atoms with E-state index in [4.69, 9.17) is 19.4 Å². The lowest BCUT2D eigenvalue weighted by Gasteiger charge is -2.36. The second-order valence-electron chi connectivity index (χ2n) is 18.8. The van der Waals surface area contributed by atoms with Gasteiger partial charge in [-0.1, -0.05) is 48.0 Å². The molecule has 3 aliphatic rings. The number of carbonyl (C=O) groups is 3. The summed E-state index contributed by atoms with van der Waals surface area (Å²) in [6.07, 6.45) is -4.48. The molecule has 19 heteroatoms. The zero-order valence-corrected chi connectivity index (χ0v) is 38.8. The number of aromatic nitrogens is 2. The summed E-state index contributed by atoms with van der Waals surface area (Å²) >= 11 is 1.42. The highest BCUT2D eigenvalue weighted by molar-refractivity contribution is 7.91. The van der Waals surface area contributed by atoms with Crippen molar-refractivity contribution in [1.82, 2.24) is 24.9 Å². The highest BCUT2D eigenvalue weighted by atomic mass is 32.2. The maximum atomic E-state index is 15.0. The third-order valence-electron chi connectivity index (χ3n) is 12.7. The van der Waals surface area contributed by atoms with Crippen molar-refractivity contribution in [2.24, 2.45) is 11.3 Å². The van der Waals surface area contributed by atoms with Crippen molar-refractivity contribution in [3.8, 4) is 22.2 Å². The average Bonchev–Trinajstić information content (AvgIpc) is 3.99. The number of hydrogen-bond donors (Lipinski definition) is 3. The van der Waals surface area contributed by atoms with Crippen LogP contribution >= 0.6 is 11.3 Å². The number of pyridine rings is 1. The third-order valence-corrected chi connectivity index (χ3v) is 15.7. The molecule has 4 aromatic rings. The van der Waals surface area contributed by atoms with Crippen LogP contribution in [0.1, 0.15) is 103 Å². The third kappa shape index (κ3) is 9.11. The van der Waals surface area contributed by atoms with E-state index in [1.807, 2.05) is 33.1 Å². The number of fused-ring (bicyclic) bond motifs is 1. The Hall–Kier alpha value is -5.04. The minimum atomic E-state index is -4.88. The van der Waals surface area contributed by atoms with Crippen molar-refractivity contribution in [3.05, 3.63) is 64.4 Å². The van der Waals surface area contributed by atoms with E-state index in [0.29, 0.717) is 64.5 Å². The van der Waals surface area contributed by atoms with E-state index < -0.39 is 85.1 Å². The van der Waals surface area contributed by atoms with Gasteiger partial charge in [-0.2, -0.15) is 13.2 Å². The number of nitrogens with zero attached hydrogens (tertiary/aromatic N) is 3.